The van der Waals surface area contributed by atoms with Crippen LogP contribution in [-0.2, 0) is 0 Å². The topological polar surface area (TPSA) is 0 Å². The summed E-state index contributed by atoms with van der Waals surface area (Å²) in [6.07, 6.45) is 0. The molecule has 0 N–H and O–H groups in total. The van der Waals surface area contributed by atoms with Crippen molar-refractivity contribution in [2.75, 3.05) is 0 Å². The summed E-state index contributed by atoms with van der Waals surface area (Å²) in [5, 5.41) is 0. The molecule has 0 aliphatic rings. The summed E-state index contributed by atoms with van der Waals surface area (Å²) in [4.78, 5) is 2.67. The molecule has 0 amide bonds. The lowest BCUT2D eigenvalue weighted by Gasteiger charge is -2.00. The standard InChI is InChI=1S/C18H16S/c1-13-5-3-7-15(11-13)17-9-10-18(19-17)16-8-4-6-14(2)12-16/h3-12H,1-2H3. The molecule has 0 saturated carbocycles. The van der Waals surface area contributed by atoms with E-state index in [4.69, 9.17) is 0 Å². The van der Waals surface area contributed by atoms with E-state index in [0.717, 1.165) is 0 Å². The molecule has 0 bridgehead atoms. The monoisotopic (exact) mass is 264 g/mol. The fraction of sp³-hybridized carbons (Fsp3) is 0.111. The molecular weight excluding hydrogens is 248 g/mol. The summed E-state index contributed by atoms with van der Waals surface area (Å²) in [7, 11) is 0. The first-order valence-electron chi connectivity index (χ1n) is 6.46. The van der Waals surface area contributed by atoms with Gasteiger partial charge in [0, 0.05) is 9.75 Å². The average molecular weight is 264 g/mol. The summed E-state index contributed by atoms with van der Waals surface area (Å²) in [5.41, 5.74) is 5.24. The zero-order chi connectivity index (χ0) is 13.2. The Morgan fingerprint density at radius 2 is 1.11 bits per heavy atom. The zero-order valence-electron chi connectivity index (χ0n) is 11.2. The van der Waals surface area contributed by atoms with E-state index in [-0.39, 0.29) is 0 Å². The lowest BCUT2D eigenvalue weighted by atomic mass is 10.1. The summed E-state index contributed by atoms with van der Waals surface area (Å²) in [5.74, 6) is 0. The van der Waals surface area contributed by atoms with E-state index in [1.807, 2.05) is 11.3 Å². The predicted molar refractivity (Wildman–Crippen MR) is 84.7 cm³/mol. The molecular formula is C18H16S. The van der Waals surface area contributed by atoms with Gasteiger partial charge in [-0.15, -0.1) is 11.3 Å². The largest absolute Gasteiger partial charge is 0.135 e. The van der Waals surface area contributed by atoms with Crippen LogP contribution in [0.15, 0.2) is 60.7 Å². The van der Waals surface area contributed by atoms with Crippen molar-refractivity contribution in [1.29, 1.82) is 0 Å². The molecule has 0 nitrogen and oxygen atoms in total. The molecule has 0 unspecified atom stereocenters. The zero-order valence-corrected chi connectivity index (χ0v) is 12.0. The molecule has 0 fully saturated rings. The van der Waals surface area contributed by atoms with Gasteiger partial charge in [-0.25, -0.2) is 0 Å². The number of hydrogen-bond donors (Lipinski definition) is 0. The van der Waals surface area contributed by atoms with Crippen molar-refractivity contribution >= 4 is 11.3 Å². The Labute approximate surface area is 118 Å². The maximum absolute atomic E-state index is 2.24. The summed E-state index contributed by atoms with van der Waals surface area (Å²) in [6, 6.07) is 21.8. The van der Waals surface area contributed by atoms with Crippen LogP contribution in [0.25, 0.3) is 20.9 Å². The van der Waals surface area contributed by atoms with Crippen LogP contribution in [0, 0.1) is 13.8 Å². The van der Waals surface area contributed by atoms with E-state index in [2.05, 4.69) is 74.5 Å². The van der Waals surface area contributed by atoms with E-state index >= 15 is 0 Å². The summed E-state index contributed by atoms with van der Waals surface area (Å²) < 4.78 is 0. The number of hydrogen-bond acceptors (Lipinski definition) is 1. The van der Waals surface area contributed by atoms with Gasteiger partial charge < -0.3 is 0 Å². The van der Waals surface area contributed by atoms with Gasteiger partial charge in [0.1, 0.15) is 0 Å². The Morgan fingerprint density at radius 1 is 0.632 bits per heavy atom. The third kappa shape index (κ3) is 2.61. The highest BCUT2D eigenvalue weighted by Gasteiger charge is 2.05. The molecule has 0 aliphatic heterocycles. The Bertz CT molecular complexity index is 647. The number of rotatable bonds is 2. The normalized spacial score (nSPS) is 10.6. The minimum Gasteiger partial charge on any atom is -0.135 e. The van der Waals surface area contributed by atoms with Crippen molar-refractivity contribution in [3.05, 3.63) is 71.8 Å². The molecule has 2 aromatic carbocycles. The van der Waals surface area contributed by atoms with Gasteiger partial charge in [0.05, 0.1) is 0 Å². The third-order valence-electron chi connectivity index (χ3n) is 3.21. The van der Waals surface area contributed by atoms with E-state index in [0.29, 0.717) is 0 Å². The van der Waals surface area contributed by atoms with Gasteiger partial charge in [-0.1, -0.05) is 59.7 Å². The number of thiophene rings is 1. The van der Waals surface area contributed by atoms with Crippen LogP contribution >= 0.6 is 11.3 Å². The highest BCUT2D eigenvalue weighted by atomic mass is 32.1. The lowest BCUT2D eigenvalue weighted by molar-refractivity contribution is 1.48. The van der Waals surface area contributed by atoms with Gasteiger partial charge >= 0.3 is 0 Å². The smallest absolute Gasteiger partial charge is 0.0349 e. The highest BCUT2D eigenvalue weighted by Crippen LogP contribution is 2.34. The quantitative estimate of drug-likeness (QED) is 0.557. The molecule has 0 spiro atoms. The van der Waals surface area contributed by atoms with Gasteiger partial charge in [0.25, 0.3) is 0 Å². The summed E-state index contributed by atoms with van der Waals surface area (Å²) >= 11 is 1.86. The van der Waals surface area contributed by atoms with E-state index in [1.54, 1.807) is 0 Å². The van der Waals surface area contributed by atoms with Gasteiger partial charge in [-0.05, 0) is 37.1 Å². The Hall–Kier alpha value is -1.86. The molecule has 1 aromatic heterocycles. The maximum atomic E-state index is 2.24. The van der Waals surface area contributed by atoms with Crippen LogP contribution in [0.4, 0.5) is 0 Å². The molecule has 0 saturated heterocycles. The van der Waals surface area contributed by atoms with Crippen molar-refractivity contribution in [2.24, 2.45) is 0 Å². The number of benzene rings is 2. The molecule has 19 heavy (non-hydrogen) atoms. The fourth-order valence-corrected chi connectivity index (χ4v) is 3.24. The SMILES string of the molecule is Cc1cccc(-c2ccc(-c3cccc(C)c3)s2)c1. The molecule has 0 radical (unpaired) electrons. The van der Waals surface area contributed by atoms with Gasteiger partial charge in [0.15, 0.2) is 0 Å². The fourth-order valence-electron chi connectivity index (χ4n) is 2.24. The lowest BCUT2D eigenvalue weighted by Crippen LogP contribution is -1.74. The highest BCUT2D eigenvalue weighted by molar-refractivity contribution is 7.18. The van der Waals surface area contributed by atoms with Crippen LogP contribution in [0.2, 0.25) is 0 Å². The maximum Gasteiger partial charge on any atom is 0.0349 e. The minimum atomic E-state index is 1.31. The Morgan fingerprint density at radius 3 is 1.53 bits per heavy atom. The first-order valence-corrected chi connectivity index (χ1v) is 7.28. The van der Waals surface area contributed by atoms with Crippen molar-refractivity contribution in [3.8, 4) is 20.9 Å². The molecule has 0 atom stereocenters. The van der Waals surface area contributed by atoms with Crippen LogP contribution in [0.1, 0.15) is 11.1 Å². The molecule has 0 aliphatic carbocycles. The first-order chi connectivity index (χ1) is 9.22. The predicted octanol–water partition coefficient (Wildman–Crippen LogP) is 5.70. The summed E-state index contributed by atoms with van der Waals surface area (Å²) in [6.45, 7) is 4.27. The second-order valence-corrected chi connectivity index (χ2v) is 5.99. The first kappa shape index (κ1) is 12.2. The van der Waals surface area contributed by atoms with Crippen molar-refractivity contribution < 1.29 is 0 Å². The van der Waals surface area contributed by atoms with Gasteiger partial charge in [-0.2, -0.15) is 0 Å². The second-order valence-electron chi connectivity index (χ2n) is 4.90. The molecule has 1 heteroatoms. The van der Waals surface area contributed by atoms with Crippen molar-refractivity contribution in [3.63, 3.8) is 0 Å². The molecule has 94 valence electrons. The average Bonchev–Trinajstić information content (AvgIpc) is 2.88. The Kier molecular flexibility index (Phi) is 3.22. The van der Waals surface area contributed by atoms with Crippen molar-refractivity contribution in [2.45, 2.75) is 13.8 Å². The second kappa shape index (κ2) is 5.02. The molecule has 1 heterocycles. The number of aryl methyl sites for hydroxylation is 2. The third-order valence-corrected chi connectivity index (χ3v) is 4.39. The molecule has 3 aromatic rings. The van der Waals surface area contributed by atoms with Gasteiger partial charge in [-0.3, -0.25) is 0 Å². The minimum absolute atomic E-state index is 1.31. The van der Waals surface area contributed by atoms with Crippen LogP contribution in [-0.4, -0.2) is 0 Å². The van der Waals surface area contributed by atoms with E-state index < -0.39 is 0 Å². The van der Waals surface area contributed by atoms with E-state index in [1.165, 1.54) is 32.0 Å². The van der Waals surface area contributed by atoms with Crippen LogP contribution in [0.3, 0.4) is 0 Å². The van der Waals surface area contributed by atoms with Crippen molar-refractivity contribution in [1.82, 2.24) is 0 Å². The van der Waals surface area contributed by atoms with Gasteiger partial charge in [0.2, 0.25) is 0 Å². The Balaban J connectivity index is 2.00. The van der Waals surface area contributed by atoms with Crippen LogP contribution in [0.5, 0.6) is 0 Å². The van der Waals surface area contributed by atoms with Crippen LogP contribution < -0.4 is 0 Å². The molecule has 3 rings (SSSR count). The van der Waals surface area contributed by atoms with E-state index in [9.17, 15) is 0 Å².